The summed E-state index contributed by atoms with van der Waals surface area (Å²) in [6.07, 6.45) is 2.95. The maximum absolute atomic E-state index is 11.8. The second kappa shape index (κ2) is 3.43. The lowest BCUT2D eigenvalue weighted by Crippen LogP contribution is -2.56. The molecule has 2 nitrogen and oxygen atoms in total. The van der Waals surface area contributed by atoms with Crippen LogP contribution in [0.2, 0.25) is 0 Å². The molecule has 0 spiro atoms. The zero-order chi connectivity index (χ0) is 11.2. The van der Waals surface area contributed by atoms with Gasteiger partial charge in [0.1, 0.15) is 11.6 Å². The predicted molar refractivity (Wildman–Crippen MR) is 58.4 cm³/mol. The molecule has 15 heavy (non-hydrogen) atoms. The van der Waals surface area contributed by atoms with Gasteiger partial charge in [-0.25, -0.2) is 0 Å². The summed E-state index contributed by atoms with van der Waals surface area (Å²) in [7, 11) is 0. The fourth-order valence-corrected chi connectivity index (χ4v) is 3.35. The van der Waals surface area contributed by atoms with Gasteiger partial charge in [0.05, 0.1) is 0 Å². The Hall–Kier alpha value is -0.660. The van der Waals surface area contributed by atoms with Crippen LogP contribution in [0.5, 0.6) is 0 Å². The minimum absolute atomic E-state index is 0.0393. The molecule has 3 saturated carbocycles. The van der Waals surface area contributed by atoms with Crippen molar-refractivity contribution in [1.29, 1.82) is 0 Å². The summed E-state index contributed by atoms with van der Waals surface area (Å²) in [4.78, 5) is 23.3. The number of hydrogen-bond acceptors (Lipinski definition) is 2. The van der Waals surface area contributed by atoms with E-state index < -0.39 is 0 Å². The second-order valence-electron chi connectivity index (χ2n) is 5.73. The lowest BCUT2D eigenvalue weighted by molar-refractivity contribution is -0.157. The van der Waals surface area contributed by atoms with Gasteiger partial charge in [-0.15, -0.1) is 0 Å². The van der Waals surface area contributed by atoms with Crippen LogP contribution in [0, 0.1) is 23.2 Å². The average Bonchev–Trinajstić information content (AvgIpc) is 2.19. The van der Waals surface area contributed by atoms with Crippen molar-refractivity contribution in [2.75, 3.05) is 0 Å². The van der Waals surface area contributed by atoms with Gasteiger partial charge in [0.25, 0.3) is 0 Å². The number of carbonyl (C=O) groups excluding carboxylic acids is 2. The molecule has 0 heterocycles. The van der Waals surface area contributed by atoms with Crippen LogP contribution in [-0.4, -0.2) is 11.6 Å². The van der Waals surface area contributed by atoms with Crippen LogP contribution in [0.25, 0.3) is 0 Å². The Kier molecular flexibility index (Phi) is 2.48. The van der Waals surface area contributed by atoms with Crippen molar-refractivity contribution in [3.63, 3.8) is 0 Å². The fraction of sp³-hybridized carbons (Fsp3) is 0.846. The highest BCUT2D eigenvalue weighted by Crippen LogP contribution is 2.60. The van der Waals surface area contributed by atoms with Crippen LogP contribution in [-0.2, 0) is 9.59 Å². The number of ketones is 2. The van der Waals surface area contributed by atoms with Crippen molar-refractivity contribution in [2.45, 2.75) is 46.5 Å². The summed E-state index contributed by atoms with van der Waals surface area (Å²) in [5.74, 6) is 1.69. The Morgan fingerprint density at radius 2 is 2.13 bits per heavy atom. The number of Topliss-reactive ketones (excluding diaryl/α,β-unsaturated/α-hetero) is 2. The molecule has 0 aliphatic heterocycles. The normalized spacial score (nSPS) is 37.3. The molecule has 0 aromatic rings. The van der Waals surface area contributed by atoms with Gasteiger partial charge in [-0.2, -0.15) is 0 Å². The molecule has 0 aromatic carbocycles. The quantitative estimate of drug-likeness (QED) is 0.714. The molecule has 0 radical (unpaired) electrons. The first kappa shape index (κ1) is 10.8. The van der Waals surface area contributed by atoms with Gasteiger partial charge in [0.2, 0.25) is 0 Å². The number of rotatable bonds is 3. The highest BCUT2D eigenvalue weighted by atomic mass is 16.1. The Labute approximate surface area is 91.4 Å². The molecule has 0 aromatic heterocycles. The van der Waals surface area contributed by atoms with Crippen LogP contribution in [0.1, 0.15) is 46.5 Å². The van der Waals surface area contributed by atoms with Gasteiger partial charge in [-0.1, -0.05) is 20.8 Å². The molecule has 3 fully saturated rings. The number of carbonyl (C=O) groups is 2. The van der Waals surface area contributed by atoms with Gasteiger partial charge in [0, 0.05) is 25.2 Å². The summed E-state index contributed by atoms with van der Waals surface area (Å²) >= 11 is 0. The van der Waals surface area contributed by atoms with Gasteiger partial charge < -0.3 is 0 Å². The minimum Gasteiger partial charge on any atom is -0.300 e. The largest absolute Gasteiger partial charge is 0.300 e. The Bertz CT molecular complexity index is 304. The SMILES string of the molecule is CCC(=O)C[C@H]1C(=O)C[C@H]2C[C@@H]1C2(C)C. The van der Waals surface area contributed by atoms with Gasteiger partial charge in [-0.05, 0) is 23.7 Å². The summed E-state index contributed by atoms with van der Waals surface area (Å²) in [6, 6.07) is 0. The summed E-state index contributed by atoms with van der Waals surface area (Å²) < 4.78 is 0. The Morgan fingerprint density at radius 1 is 1.47 bits per heavy atom. The van der Waals surface area contributed by atoms with Crippen LogP contribution >= 0.6 is 0 Å². The number of fused-ring (bicyclic) bond motifs is 2. The Morgan fingerprint density at radius 3 is 2.67 bits per heavy atom. The third-order valence-electron chi connectivity index (χ3n) is 4.74. The van der Waals surface area contributed by atoms with Crippen molar-refractivity contribution in [2.24, 2.45) is 23.2 Å². The van der Waals surface area contributed by atoms with Crippen molar-refractivity contribution < 1.29 is 9.59 Å². The van der Waals surface area contributed by atoms with Gasteiger partial charge in [0.15, 0.2) is 0 Å². The highest BCUT2D eigenvalue weighted by Gasteiger charge is 2.57. The molecule has 2 bridgehead atoms. The molecular weight excluding hydrogens is 188 g/mol. The lowest BCUT2D eigenvalue weighted by Gasteiger charge is -2.59. The molecule has 3 aliphatic rings. The molecule has 0 N–H and O–H groups in total. The minimum atomic E-state index is 0.0393. The molecule has 3 rings (SSSR count). The lowest BCUT2D eigenvalue weighted by atomic mass is 9.45. The van der Waals surface area contributed by atoms with E-state index in [2.05, 4.69) is 13.8 Å². The van der Waals surface area contributed by atoms with Crippen molar-refractivity contribution in [3.05, 3.63) is 0 Å². The van der Waals surface area contributed by atoms with E-state index in [1.54, 1.807) is 0 Å². The van der Waals surface area contributed by atoms with Gasteiger partial charge in [-0.3, -0.25) is 9.59 Å². The molecule has 0 unspecified atom stereocenters. The average molecular weight is 208 g/mol. The van der Waals surface area contributed by atoms with E-state index in [9.17, 15) is 9.59 Å². The highest BCUT2D eigenvalue weighted by molar-refractivity contribution is 5.89. The van der Waals surface area contributed by atoms with Crippen molar-refractivity contribution in [1.82, 2.24) is 0 Å². The van der Waals surface area contributed by atoms with Crippen molar-refractivity contribution >= 4 is 11.6 Å². The third-order valence-corrected chi connectivity index (χ3v) is 4.74. The van der Waals surface area contributed by atoms with E-state index in [0.29, 0.717) is 42.3 Å². The Balaban J connectivity index is 2.09. The molecular formula is C13H20O2. The molecule has 84 valence electrons. The van der Waals surface area contributed by atoms with Crippen molar-refractivity contribution in [3.8, 4) is 0 Å². The second-order valence-corrected chi connectivity index (χ2v) is 5.73. The first-order chi connectivity index (χ1) is 6.96. The monoisotopic (exact) mass is 208 g/mol. The molecule has 0 saturated heterocycles. The number of hydrogen-bond donors (Lipinski definition) is 0. The summed E-state index contributed by atoms with van der Waals surface area (Å²) in [5.41, 5.74) is 0.298. The van der Waals surface area contributed by atoms with E-state index in [4.69, 9.17) is 0 Å². The first-order valence-corrected chi connectivity index (χ1v) is 6.01. The topological polar surface area (TPSA) is 34.1 Å². The molecule has 2 heteroatoms. The van der Waals surface area contributed by atoms with Crippen LogP contribution in [0.4, 0.5) is 0 Å². The van der Waals surface area contributed by atoms with Crippen LogP contribution in [0.15, 0.2) is 0 Å². The van der Waals surface area contributed by atoms with Crippen LogP contribution in [0.3, 0.4) is 0 Å². The maximum atomic E-state index is 11.8. The fourth-order valence-electron chi connectivity index (χ4n) is 3.35. The van der Waals surface area contributed by atoms with E-state index in [-0.39, 0.29) is 11.7 Å². The summed E-state index contributed by atoms with van der Waals surface area (Å²) in [6.45, 7) is 6.38. The van der Waals surface area contributed by atoms with E-state index in [1.807, 2.05) is 6.92 Å². The molecule has 3 atom stereocenters. The smallest absolute Gasteiger partial charge is 0.137 e. The van der Waals surface area contributed by atoms with Gasteiger partial charge >= 0.3 is 0 Å². The standard InChI is InChI=1S/C13H20O2/c1-4-9(14)7-10-11-5-8(6-12(10)15)13(11,2)3/h8,10-11H,4-7H2,1-3H3/t8-,10-,11+/m1/s1. The van der Waals surface area contributed by atoms with E-state index >= 15 is 0 Å². The van der Waals surface area contributed by atoms with E-state index in [0.717, 1.165) is 0 Å². The zero-order valence-electron chi connectivity index (χ0n) is 9.88. The predicted octanol–water partition coefficient (Wildman–Crippen LogP) is 2.61. The zero-order valence-corrected chi connectivity index (χ0v) is 9.88. The molecule has 3 aliphatic carbocycles. The first-order valence-electron chi connectivity index (χ1n) is 6.01. The molecule has 0 amide bonds. The third kappa shape index (κ3) is 1.54. The van der Waals surface area contributed by atoms with E-state index in [1.165, 1.54) is 6.42 Å². The van der Waals surface area contributed by atoms with Crippen LogP contribution < -0.4 is 0 Å². The maximum Gasteiger partial charge on any atom is 0.137 e. The summed E-state index contributed by atoms with van der Waals surface area (Å²) in [5, 5.41) is 0.